The van der Waals surface area contributed by atoms with Gasteiger partial charge in [0.1, 0.15) is 11.4 Å². The second-order valence-electron chi connectivity index (χ2n) is 6.62. The summed E-state index contributed by atoms with van der Waals surface area (Å²) in [6, 6.07) is 6.84. The van der Waals surface area contributed by atoms with E-state index in [4.69, 9.17) is 9.47 Å². The lowest BCUT2D eigenvalue weighted by Crippen LogP contribution is -2.35. The molecule has 1 unspecified atom stereocenters. The van der Waals surface area contributed by atoms with Gasteiger partial charge in [-0.2, -0.15) is 0 Å². The first-order valence-corrected chi connectivity index (χ1v) is 7.30. The molecule has 118 valence electrons. The van der Waals surface area contributed by atoms with Crippen LogP contribution in [0, 0.1) is 5.92 Å². The van der Waals surface area contributed by atoms with Crippen molar-refractivity contribution in [3.05, 3.63) is 29.8 Å². The summed E-state index contributed by atoms with van der Waals surface area (Å²) in [5.74, 6) is 0.143. The lowest BCUT2D eigenvalue weighted by atomic mass is 10.1. The highest BCUT2D eigenvalue weighted by Gasteiger charge is 2.26. The second kappa shape index (κ2) is 7.46. The van der Waals surface area contributed by atoms with E-state index in [2.05, 4.69) is 0 Å². The van der Waals surface area contributed by atoms with Gasteiger partial charge in [-0.25, -0.2) is 4.79 Å². The number of carbonyl (C=O) groups excluding carboxylic acids is 1. The molecule has 0 fully saturated rings. The maximum absolute atomic E-state index is 12.3. The van der Waals surface area contributed by atoms with Gasteiger partial charge in [0.05, 0.1) is 6.61 Å². The molecule has 0 heterocycles. The molecule has 0 spiro atoms. The maximum atomic E-state index is 12.3. The van der Waals surface area contributed by atoms with Crippen LogP contribution in [0.5, 0.6) is 5.75 Å². The molecule has 0 aliphatic rings. The highest BCUT2D eigenvalue weighted by molar-refractivity contribution is 5.75. The van der Waals surface area contributed by atoms with E-state index in [1.54, 1.807) is 18.2 Å². The van der Waals surface area contributed by atoms with Gasteiger partial charge < -0.3 is 14.6 Å². The molecule has 1 rings (SSSR count). The van der Waals surface area contributed by atoms with Gasteiger partial charge in [-0.15, -0.1) is 0 Å². The van der Waals surface area contributed by atoms with Gasteiger partial charge in [0, 0.05) is 6.42 Å². The van der Waals surface area contributed by atoms with E-state index in [-0.39, 0.29) is 11.7 Å². The molecule has 4 heteroatoms. The van der Waals surface area contributed by atoms with Crippen LogP contribution in [0.1, 0.15) is 40.2 Å². The first-order chi connectivity index (χ1) is 9.67. The third-order valence-electron chi connectivity index (χ3n) is 2.63. The van der Waals surface area contributed by atoms with Crippen molar-refractivity contribution in [3.8, 4) is 5.75 Å². The van der Waals surface area contributed by atoms with Gasteiger partial charge in [-0.1, -0.05) is 26.0 Å². The van der Waals surface area contributed by atoms with Crippen LogP contribution in [0.25, 0.3) is 0 Å². The van der Waals surface area contributed by atoms with Crippen molar-refractivity contribution in [1.82, 2.24) is 0 Å². The third kappa shape index (κ3) is 7.14. The highest BCUT2D eigenvalue weighted by atomic mass is 16.6. The van der Waals surface area contributed by atoms with Gasteiger partial charge in [0.2, 0.25) is 0 Å². The summed E-state index contributed by atoms with van der Waals surface area (Å²) in [6.45, 7) is 10.0. The van der Waals surface area contributed by atoms with Gasteiger partial charge in [-0.3, -0.25) is 0 Å². The predicted octanol–water partition coefficient (Wildman–Crippen LogP) is 3.32. The normalized spacial score (nSPS) is 13.2. The number of carbonyl (C=O) groups is 1. The minimum absolute atomic E-state index is 0.180. The Morgan fingerprint density at radius 1 is 1.29 bits per heavy atom. The molecular weight excluding hydrogens is 268 g/mol. The van der Waals surface area contributed by atoms with Crippen LogP contribution in [0.4, 0.5) is 0 Å². The Labute approximate surface area is 127 Å². The van der Waals surface area contributed by atoms with Crippen LogP contribution in [0.15, 0.2) is 24.3 Å². The lowest BCUT2D eigenvalue weighted by molar-refractivity contribution is -0.169. The minimum Gasteiger partial charge on any atom is -0.508 e. The molecule has 0 saturated heterocycles. The van der Waals surface area contributed by atoms with E-state index in [1.165, 1.54) is 0 Å². The van der Waals surface area contributed by atoms with Gasteiger partial charge in [-0.05, 0) is 44.4 Å². The minimum atomic E-state index is -0.659. The molecular formula is C17H26O4. The maximum Gasteiger partial charge on any atom is 0.336 e. The molecule has 0 aliphatic heterocycles. The predicted molar refractivity (Wildman–Crippen MR) is 82.2 cm³/mol. The summed E-state index contributed by atoms with van der Waals surface area (Å²) in [5.41, 5.74) is 0.296. The summed E-state index contributed by atoms with van der Waals surface area (Å²) in [4.78, 5) is 12.3. The molecule has 0 aromatic heterocycles. The fourth-order valence-electron chi connectivity index (χ4n) is 1.78. The number of phenols is 1. The van der Waals surface area contributed by atoms with Gasteiger partial charge >= 0.3 is 5.97 Å². The monoisotopic (exact) mass is 294 g/mol. The Kier molecular flexibility index (Phi) is 6.21. The number of aromatic hydroxyl groups is 1. The standard InChI is InChI=1S/C17H26O4/c1-12(2)11-20-15(16(19)21-17(3,4)5)10-13-7-6-8-14(18)9-13/h6-9,12,15,18H,10-11H2,1-5H3. The van der Waals surface area contributed by atoms with E-state index < -0.39 is 11.7 Å². The van der Waals surface area contributed by atoms with Crippen LogP contribution in [0.3, 0.4) is 0 Å². The van der Waals surface area contributed by atoms with Crippen molar-refractivity contribution in [2.24, 2.45) is 5.92 Å². The molecule has 4 nitrogen and oxygen atoms in total. The molecule has 1 aromatic carbocycles. The molecule has 0 amide bonds. The summed E-state index contributed by atoms with van der Waals surface area (Å²) >= 11 is 0. The Morgan fingerprint density at radius 3 is 2.48 bits per heavy atom. The molecule has 0 aliphatic carbocycles. The summed E-state index contributed by atoms with van der Waals surface area (Å²) in [6.07, 6.45) is -0.274. The van der Waals surface area contributed by atoms with Crippen molar-refractivity contribution >= 4 is 5.97 Å². The lowest BCUT2D eigenvalue weighted by Gasteiger charge is -2.24. The molecule has 21 heavy (non-hydrogen) atoms. The zero-order chi connectivity index (χ0) is 16.0. The largest absolute Gasteiger partial charge is 0.508 e. The molecule has 1 N–H and O–H groups in total. The van der Waals surface area contributed by atoms with Crippen molar-refractivity contribution in [3.63, 3.8) is 0 Å². The van der Waals surface area contributed by atoms with E-state index in [1.807, 2.05) is 40.7 Å². The van der Waals surface area contributed by atoms with Crippen LogP contribution < -0.4 is 0 Å². The molecule has 0 bridgehead atoms. The van der Waals surface area contributed by atoms with Gasteiger partial charge in [0.15, 0.2) is 6.10 Å². The number of hydrogen-bond acceptors (Lipinski definition) is 4. The smallest absolute Gasteiger partial charge is 0.336 e. The SMILES string of the molecule is CC(C)COC(Cc1cccc(O)c1)C(=O)OC(C)(C)C. The number of ether oxygens (including phenoxy) is 2. The van der Waals surface area contributed by atoms with E-state index >= 15 is 0 Å². The van der Waals surface area contributed by atoms with Crippen LogP contribution in [0.2, 0.25) is 0 Å². The Morgan fingerprint density at radius 2 is 1.95 bits per heavy atom. The zero-order valence-electron chi connectivity index (χ0n) is 13.6. The summed E-state index contributed by atoms with van der Waals surface area (Å²) in [7, 11) is 0. The van der Waals surface area contributed by atoms with Crippen LogP contribution in [-0.2, 0) is 20.7 Å². The number of phenolic OH excluding ortho intramolecular Hbond substituents is 1. The van der Waals surface area contributed by atoms with Crippen molar-refractivity contribution in [2.45, 2.75) is 52.7 Å². The Hall–Kier alpha value is -1.55. The molecule has 1 aromatic rings. The Bertz CT molecular complexity index is 460. The van der Waals surface area contributed by atoms with Crippen molar-refractivity contribution < 1.29 is 19.4 Å². The number of benzene rings is 1. The van der Waals surface area contributed by atoms with E-state index in [0.29, 0.717) is 18.9 Å². The number of hydrogen-bond donors (Lipinski definition) is 1. The Balaban J connectivity index is 2.78. The second-order valence-corrected chi connectivity index (χ2v) is 6.62. The summed E-state index contributed by atoms with van der Waals surface area (Å²) in [5, 5.41) is 9.51. The average molecular weight is 294 g/mol. The average Bonchev–Trinajstić information content (AvgIpc) is 2.32. The van der Waals surface area contributed by atoms with Crippen LogP contribution in [-0.4, -0.2) is 29.4 Å². The number of esters is 1. The van der Waals surface area contributed by atoms with Crippen molar-refractivity contribution in [1.29, 1.82) is 0 Å². The van der Waals surface area contributed by atoms with E-state index in [0.717, 1.165) is 5.56 Å². The van der Waals surface area contributed by atoms with Crippen LogP contribution >= 0.6 is 0 Å². The fourth-order valence-corrected chi connectivity index (χ4v) is 1.78. The van der Waals surface area contributed by atoms with E-state index in [9.17, 15) is 9.90 Å². The van der Waals surface area contributed by atoms with Crippen molar-refractivity contribution in [2.75, 3.05) is 6.61 Å². The fraction of sp³-hybridized carbons (Fsp3) is 0.588. The first kappa shape index (κ1) is 17.5. The molecule has 0 radical (unpaired) electrons. The molecule has 0 saturated carbocycles. The quantitative estimate of drug-likeness (QED) is 0.818. The summed E-state index contributed by atoms with van der Waals surface area (Å²) < 4.78 is 11.1. The topological polar surface area (TPSA) is 55.8 Å². The zero-order valence-corrected chi connectivity index (χ0v) is 13.6. The number of rotatable bonds is 6. The highest BCUT2D eigenvalue weighted by Crippen LogP contribution is 2.17. The first-order valence-electron chi connectivity index (χ1n) is 7.30. The third-order valence-corrected chi connectivity index (χ3v) is 2.63. The van der Waals surface area contributed by atoms with Gasteiger partial charge in [0.25, 0.3) is 0 Å². The molecule has 1 atom stereocenters.